The van der Waals surface area contributed by atoms with Gasteiger partial charge in [0.05, 0.1) is 11.7 Å². The van der Waals surface area contributed by atoms with Gasteiger partial charge < -0.3 is 5.32 Å². The van der Waals surface area contributed by atoms with E-state index in [2.05, 4.69) is 10.4 Å². The quantitative estimate of drug-likeness (QED) is 0.410. The number of nitrogens with zero attached hydrogens (tertiary/aromatic N) is 2. The molecule has 0 aliphatic carbocycles. The van der Waals surface area contributed by atoms with E-state index in [1.54, 1.807) is 30.3 Å². The lowest BCUT2D eigenvalue weighted by molar-refractivity contribution is 0.0940. The maximum atomic E-state index is 12.6. The Bertz CT molecular complexity index is 1270. The highest BCUT2D eigenvalue weighted by Gasteiger charge is 2.12. The first-order valence-electron chi connectivity index (χ1n) is 10.00. The topological polar surface area (TPSA) is 64.0 Å². The molecule has 0 saturated heterocycles. The van der Waals surface area contributed by atoms with Crippen molar-refractivity contribution in [1.29, 1.82) is 0 Å². The number of nitrogens with one attached hydrogen (secondary N) is 1. The Morgan fingerprint density at radius 3 is 2.31 bits per heavy atom. The summed E-state index contributed by atoms with van der Waals surface area (Å²) < 4.78 is 1.33. The molecule has 1 aromatic heterocycles. The van der Waals surface area contributed by atoms with Gasteiger partial charge in [0.15, 0.2) is 0 Å². The zero-order valence-electron chi connectivity index (χ0n) is 17.2. The third kappa shape index (κ3) is 5.28. The van der Waals surface area contributed by atoms with Crippen LogP contribution < -0.4 is 10.9 Å². The minimum atomic E-state index is -0.250. The molecule has 0 spiro atoms. The van der Waals surface area contributed by atoms with Crippen LogP contribution in [0.1, 0.15) is 28.9 Å². The summed E-state index contributed by atoms with van der Waals surface area (Å²) in [6, 6.07) is 27.0. The number of amides is 1. The summed E-state index contributed by atoms with van der Waals surface area (Å²) >= 11 is 7.37. The molecular weight excluding hydrogens is 442 g/mol. The Morgan fingerprint density at radius 1 is 0.938 bits per heavy atom. The summed E-state index contributed by atoms with van der Waals surface area (Å²) in [6.07, 6.45) is 0. The molecule has 4 rings (SSSR count). The van der Waals surface area contributed by atoms with Crippen LogP contribution >= 0.6 is 23.4 Å². The monoisotopic (exact) mass is 461 g/mol. The van der Waals surface area contributed by atoms with Crippen molar-refractivity contribution in [3.05, 3.63) is 117 Å². The summed E-state index contributed by atoms with van der Waals surface area (Å²) in [7, 11) is 0. The van der Waals surface area contributed by atoms with E-state index < -0.39 is 0 Å². The highest BCUT2D eigenvalue weighted by molar-refractivity contribution is 7.99. The summed E-state index contributed by atoms with van der Waals surface area (Å²) in [5.41, 5.74) is 1.88. The van der Waals surface area contributed by atoms with E-state index in [1.807, 2.05) is 61.5 Å². The molecule has 5 nitrogen and oxygen atoms in total. The standard InChI is InChI=1S/C25H20ClN3O2S/c1-17(18-5-3-2-4-6-18)27-25(31)19-7-11-21(12-8-19)29-24(30)16-15-23(28-29)32-22-13-9-20(26)10-14-22/h2-17H,1H3,(H,27,31)/t17-/m1/s1. The number of aromatic nitrogens is 2. The molecule has 0 aliphatic heterocycles. The van der Waals surface area contributed by atoms with Gasteiger partial charge >= 0.3 is 0 Å². The summed E-state index contributed by atoms with van der Waals surface area (Å²) in [4.78, 5) is 26.0. The van der Waals surface area contributed by atoms with E-state index >= 15 is 0 Å². The third-order valence-corrected chi connectivity index (χ3v) is 6.02. The molecule has 0 radical (unpaired) electrons. The van der Waals surface area contributed by atoms with Gasteiger partial charge in [-0.3, -0.25) is 9.59 Å². The van der Waals surface area contributed by atoms with E-state index in [4.69, 9.17) is 11.6 Å². The Morgan fingerprint density at radius 2 is 1.62 bits per heavy atom. The van der Waals surface area contributed by atoms with Crippen LogP contribution in [0.2, 0.25) is 5.02 Å². The number of carbonyl (C=O) groups excluding carboxylic acids is 1. The molecular formula is C25H20ClN3O2S. The second-order valence-electron chi connectivity index (χ2n) is 7.13. The smallest absolute Gasteiger partial charge is 0.271 e. The van der Waals surface area contributed by atoms with Crippen LogP contribution in [0.15, 0.2) is 106 Å². The molecule has 3 aromatic carbocycles. The van der Waals surface area contributed by atoms with Crippen LogP contribution in [-0.2, 0) is 0 Å². The predicted molar refractivity (Wildman–Crippen MR) is 128 cm³/mol. The van der Waals surface area contributed by atoms with Crippen molar-refractivity contribution >= 4 is 29.3 Å². The van der Waals surface area contributed by atoms with Gasteiger partial charge in [-0.1, -0.05) is 53.7 Å². The summed E-state index contributed by atoms with van der Waals surface area (Å²) in [5, 5.41) is 8.78. The molecule has 0 aliphatic rings. The lowest BCUT2D eigenvalue weighted by Gasteiger charge is -2.14. The Hall–Kier alpha value is -3.35. The van der Waals surface area contributed by atoms with E-state index in [-0.39, 0.29) is 17.5 Å². The zero-order chi connectivity index (χ0) is 22.5. The van der Waals surface area contributed by atoms with E-state index in [1.165, 1.54) is 22.5 Å². The van der Waals surface area contributed by atoms with Crippen LogP contribution in [0.4, 0.5) is 0 Å². The van der Waals surface area contributed by atoms with Crippen LogP contribution in [0.5, 0.6) is 0 Å². The minimum absolute atomic E-state index is 0.116. The van der Waals surface area contributed by atoms with Gasteiger partial charge in [0.25, 0.3) is 11.5 Å². The number of rotatable bonds is 6. The van der Waals surface area contributed by atoms with E-state index in [9.17, 15) is 9.59 Å². The molecule has 7 heteroatoms. The number of halogens is 1. The molecule has 1 atom stereocenters. The van der Waals surface area contributed by atoms with Crippen LogP contribution in [0, 0.1) is 0 Å². The molecule has 0 bridgehead atoms. The van der Waals surface area contributed by atoms with E-state index in [0.717, 1.165) is 10.5 Å². The van der Waals surface area contributed by atoms with Crippen molar-refractivity contribution < 1.29 is 4.79 Å². The fourth-order valence-electron chi connectivity index (χ4n) is 3.12. The lowest BCUT2D eigenvalue weighted by Crippen LogP contribution is -2.26. The summed E-state index contributed by atoms with van der Waals surface area (Å²) in [5.74, 6) is -0.180. The minimum Gasteiger partial charge on any atom is -0.346 e. The maximum Gasteiger partial charge on any atom is 0.271 e. The van der Waals surface area contributed by atoms with Crippen LogP contribution in [0.3, 0.4) is 0 Å². The average Bonchev–Trinajstić information content (AvgIpc) is 2.82. The van der Waals surface area contributed by atoms with Crippen LogP contribution in [0.25, 0.3) is 5.69 Å². The van der Waals surface area contributed by atoms with Gasteiger partial charge in [-0.2, -0.15) is 9.78 Å². The summed E-state index contributed by atoms with van der Waals surface area (Å²) in [6.45, 7) is 1.94. The van der Waals surface area contributed by atoms with Gasteiger partial charge in [0.1, 0.15) is 5.03 Å². The molecule has 4 aromatic rings. The molecule has 1 heterocycles. The maximum absolute atomic E-state index is 12.6. The molecule has 160 valence electrons. The van der Waals surface area contributed by atoms with Crippen molar-refractivity contribution in [2.75, 3.05) is 0 Å². The average molecular weight is 462 g/mol. The van der Waals surface area contributed by atoms with Gasteiger partial charge in [0.2, 0.25) is 0 Å². The molecule has 32 heavy (non-hydrogen) atoms. The first-order chi connectivity index (χ1) is 15.5. The number of benzene rings is 3. The fraction of sp³-hybridized carbons (Fsp3) is 0.0800. The van der Waals surface area contributed by atoms with Gasteiger partial charge in [0, 0.05) is 21.5 Å². The van der Waals surface area contributed by atoms with Crippen molar-refractivity contribution in [3.8, 4) is 5.69 Å². The van der Waals surface area contributed by atoms with E-state index in [0.29, 0.717) is 21.3 Å². The second-order valence-corrected chi connectivity index (χ2v) is 8.66. The Labute approximate surface area is 195 Å². The van der Waals surface area contributed by atoms with Gasteiger partial charge in [-0.15, -0.1) is 0 Å². The molecule has 0 fully saturated rings. The lowest BCUT2D eigenvalue weighted by atomic mass is 10.1. The van der Waals surface area contributed by atoms with Crippen molar-refractivity contribution in [2.45, 2.75) is 22.9 Å². The first-order valence-corrected chi connectivity index (χ1v) is 11.2. The number of carbonyl (C=O) groups is 1. The van der Waals surface area contributed by atoms with Crippen molar-refractivity contribution in [2.24, 2.45) is 0 Å². The highest BCUT2D eigenvalue weighted by Crippen LogP contribution is 2.26. The third-order valence-electron chi connectivity index (χ3n) is 4.83. The second kappa shape index (κ2) is 9.85. The SMILES string of the molecule is C[C@@H](NC(=O)c1ccc(-n2nc(Sc3ccc(Cl)cc3)ccc2=O)cc1)c1ccccc1. The number of hydrogen-bond acceptors (Lipinski definition) is 4. The molecule has 1 amide bonds. The van der Waals surface area contributed by atoms with Crippen molar-refractivity contribution in [3.63, 3.8) is 0 Å². The van der Waals surface area contributed by atoms with Gasteiger partial charge in [-0.05, 0) is 67.1 Å². The Balaban J connectivity index is 1.50. The molecule has 0 saturated carbocycles. The van der Waals surface area contributed by atoms with Gasteiger partial charge in [-0.25, -0.2) is 0 Å². The normalized spacial score (nSPS) is 11.7. The number of hydrogen-bond donors (Lipinski definition) is 1. The molecule has 0 unspecified atom stereocenters. The predicted octanol–water partition coefficient (Wildman–Crippen LogP) is 5.53. The van der Waals surface area contributed by atoms with Crippen LogP contribution in [-0.4, -0.2) is 15.7 Å². The highest BCUT2D eigenvalue weighted by atomic mass is 35.5. The zero-order valence-corrected chi connectivity index (χ0v) is 18.8. The van der Waals surface area contributed by atoms with Crippen molar-refractivity contribution in [1.82, 2.24) is 15.1 Å². The fourth-order valence-corrected chi connectivity index (χ4v) is 4.01. The first kappa shape index (κ1) is 21.9. The molecule has 1 N–H and O–H groups in total. The Kier molecular flexibility index (Phi) is 6.73. The largest absolute Gasteiger partial charge is 0.346 e.